The number of rotatable bonds is 3. The van der Waals surface area contributed by atoms with Crippen LogP contribution in [0.4, 0.5) is 0 Å². The van der Waals surface area contributed by atoms with Crippen molar-refractivity contribution in [3.63, 3.8) is 0 Å². The highest BCUT2D eigenvalue weighted by atomic mass is 14.7. The lowest BCUT2D eigenvalue weighted by Gasteiger charge is -2.11. The van der Waals surface area contributed by atoms with Crippen LogP contribution in [-0.4, -0.2) is 4.98 Å². The Morgan fingerprint density at radius 2 is 1.06 bits per heavy atom. The molecule has 0 aliphatic carbocycles. The summed E-state index contributed by atoms with van der Waals surface area (Å²) in [6.45, 7) is 6.49. The summed E-state index contributed by atoms with van der Waals surface area (Å²) < 4.78 is 0. The zero-order valence-corrected chi connectivity index (χ0v) is 18.2. The van der Waals surface area contributed by atoms with Gasteiger partial charge in [-0.3, -0.25) is 0 Å². The van der Waals surface area contributed by atoms with Gasteiger partial charge in [-0.15, -0.1) is 0 Å². The first-order chi connectivity index (χ1) is 15.1. The molecule has 1 aromatic heterocycles. The standard InChI is InChI=1S/C30H25N/c1-20-16-21(2)30-22(3)18-28(31-29(30)17-20)27-11-7-10-26(19-27)25-14-12-24(13-15-25)23-8-5-4-6-9-23/h4-19H,1-3H3. The molecular formula is C30H25N. The van der Waals surface area contributed by atoms with Crippen LogP contribution < -0.4 is 0 Å². The van der Waals surface area contributed by atoms with Gasteiger partial charge in [-0.25, -0.2) is 4.98 Å². The van der Waals surface area contributed by atoms with Crippen molar-refractivity contribution < 1.29 is 0 Å². The third kappa shape index (κ3) is 3.75. The van der Waals surface area contributed by atoms with Crippen molar-refractivity contribution in [2.45, 2.75) is 20.8 Å². The number of hydrogen-bond acceptors (Lipinski definition) is 1. The number of benzene rings is 4. The molecule has 5 rings (SSSR count). The second-order valence-corrected chi connectivity index (χ2v) is 8.32. The smallest absolute Gasteiger partial charge is 0.0717 e. The summed E-state index contributed by atoms with van der Waals surface area (Å²) in [6, 6.07) is 34.6. The molecule has 1 heteroatoms. The fourth-order valence-corrected chi connectivity index (χ4v) is 4.48. The second kappa shape index (κ2) is 7.85. The van der Waals surface area contributed by atoms with Crippen LogP contribution in [-0.2, 0) is 0 Å². The quantitative estimate of drug-likeness (QED) is 0.298. The maximum Gasteiger partial charge on any atom is 0.0717 e. The van der Waals surface area contributed by atoms with Crippen LogP contribution in [0.25, 0.3) is 44.4 Å². The molecule has 5 aromatic rings. The molecule has 0 atom stereocenters. The fourth-order valence-electron chi connectivity index (χ4n) is 4.48. The molecule has 4 aromatic carbocycles. The van der Waals surface area contributed by atoms with E-state index in [-0.39, 0.29) is 0 Å². The van der Waals surface area contributed by atoms with Gasteiger partial charge in [0, 0.05) is 10.9 Å². The molecule has 0 spiro atoms. The van der Waals surface area contributed by atoms with Crippen LogP contribution >= 0.6 is 0 Å². The van der Waals surface area contributed by atoms with Crippen LogP contribution in [0.5, 0.6) is 0 Å². The van der Waals surface area contributed by atoms with Gasteiger partial charge < -0.3 is 0 Å². The number of hydrogen-bond donors (Lipinski definition) is 0. The first-order valence-electron chi connectivity index (χ1n) is 10.7. The monoisotopic (exact) mass is 399 g/mol. The van der Waals surface area contributed by atoms with Crippen LogP contribution in [0, 0.1) is 20.8 Å². The summed E-state index contributed by atoms with van der Waals surface area (Å²) in [6.07, 6.45) is 0. The minimum atomic E-state index is 1.03. The first-order valence-corrected chi connectivity index (χ1v) is 10.7. The second-order valence-electron chi connectivity index (χ2n) is 8.32. The Bertz CT molecular complexity index is 1380. The normalized spacial score (nSPS) is 11.1. The van der Waals surface area contributed by atoms with E-state index in [4.69, 9.17) is 4.98 Å². The summed E-state index contributed by atoms with van der Waals surface area (Å²) in [5.74, 6) is 0. The lowest BCUT2D eigenvalue weighted by atomic mass is 9.97. The Hall–Kier alpha value is -3.71. The topological polar surface area (TPSA) is 12.9 Å². The van der Waals surface area contributed by atoms with E-state index in [1.807, 2.05) is 0 Å². The van der Waals surface area contributed by atoms with E-state index >= 15 is 0 Å². The summed E-state index contributed by atoms with van der Waals surface area (Å²) in [5.41, 5.74) is 12.0. The molecule has 0 unspecified atom stereocenters. The molecule has 1 heterocycles. The van der Waals surface area contributed by atoms with E-state index in [0.717, 1.165) is 16.8 Å². The number of aromatic nitrogens is 1. The van der Waals surface area contributed by atoms with Crippen LogP contribution in [0.2, 0.25) is 0 Å². The summed E-state index contributed by atoms with van der Waals surface area (Å²) >= 11 is 0. The molecule has 150 valence electrons. The van der Waals surface area contributed by atoms with Gasteiger partial charge in [0.2, 0.25) is 0 Å². The Morgan fingerprint density at radius 1 is 0.484 bits per heavy atom. The molecular weight excluding hydrogens is 374 g/mol. The highest BCUT2D eigenvalue weighted by Crippen LogP contribution is 2.31. The van der Waals surface area contributed by atoms with Gasteiger partial charge in [-0.2, -0.15) is 0 Å². The van der Waals surface area contributed by atoms with E-state index in [9.17, 15) is 0 Å². The van der Waals surface area contributed by atoms with E-state index < -0.39 is 0 Å². The molecule has 0 saturated carbocycles. The molecule has 0 aliphatic heterocycles. The van der Waals surface area contributed by atoms with Gasteiger partial charge in [0.25, 0.3) is 0 Å². The maximum atomic E-state index is 5.02. The molecule has 0 radical (unpaired) electrons. The number of aryl methyl sites for hydroxylation is 3. The molecule has 0 fully saturated rings. The lowest BCUT2D eigenvalue weighted by molar-refractivity contribution is 1.32. The molecule has 0 N–H and O–H groups in total. The van der Waals surface area contributed by atoms with E-state index in [1.54, 1.807) is 0 Å². The van der Waals surface area contributed by atoms with Crippen molar-refractivity contribution in [3.05, 3.63) is 114 Å². The highest BCUT2D eigenvalue weighted by molar-refractivity contribution is 5.88. The van der Waals surface area contributed by atoms with Crippen molar-refractivity contribution in [2.75, 3.05) is 0 Å². The number of nitrogens with zero attached hydrogens (tertiary/aromatic N) is 1. The van der Waals surface area contributed by atoms with Crippen LogP contribution in [0.1, 0.15) is 16.7 Å². The van der Waals surface area contributed by atoms with Gasteiger partial charge >= 0.3 is 0 Å². The zero-order valence-electron chi connectivity index (χ0n) is 18.2. The van der Waals surface area contributed by atoms with E-state index in [0.29, 0.717) is 0 Å². The van der Waals surface area contributed by atoms with Crippen molar-refractivity contribution in [1.82, 2.24) is 4.98 Å². The van der Waals surface area contributed by atoms with Gasteiger partial charge in [-0.1, -0.05) is 78.9 Å². The Morgan fingerprint density at radius 3 is 1.81 bits per heavy atom. The average Bonchev–Trinajstić information content (AvgIpc) is 2.79. The number of fused-ring (bicyclic) bond motifs is 1. The van der Waals surface area contributed by atoms with E-state index in [2.05, 4.69) is 118 Å². The van der Waals surface area contributed by atoms with Gasteiger partial charge in [-0.05, 0) is 77.9 Å². The molecule has 1 nitrogen and oxygen atoms in total. The van der Waals surface area contributed by atoms with Gasteiger partial charge in [0.05, 0.1) is 11.2 Å². The molecule has 0 bridgehead atoms. The van der Waals surface area contributed by atoms with Crippen molar-refractivity contribution in [1.29, 1.82) is 0 Å². The van der Waals surface area contributed by atoms with Crippen molar-refractivity contribution in [2.24, 2.45) is 0 Å². The Labute approximate surface area is 184 Å². The predicted molar refractivity (Wildman–Crippen MR) is 132 cm³/mol. The summed E-state index contributed by atoms with van der Waals surface area (Å²) in [4.78, 5) is 5.02. The largest absolute Gasteiger partial charge is 0.248 e. The van der Waals surface area contributed by atoms with E-state index in [1.165, 1.54) is 44.3 Å². The molecule has 0 saturated heterocycles. The molecule has 31 heavy (non-hydrogen) atoms. The fraction of sp³-hybridized carbons (Fsp3) is 0.100. The minimum absolute atomic E-state index is 1.03. The lowest BCUT2D eigenvalue weighted by Crippen LogP contribution is -1.92. The summed E-state index contributed by atoms with van der Waals surface area (Å²) in [5, 5.41) is 1.27. The third-order valence-corrected chi connectivity index (χ3v) is 5.93. The molecule has 0 amide bonds. The van der Waals surface area contributed by atoms with Crippen molar-refractivity contribution >= 4 is 10.9 Å². The zero-order chi connectivity index (χ0) is 21.4. The summed E-state index contributed by atoms with van der Waals surface area (Å²) in [7, 11) is 0. The van der Waals surface area contributed by atoms with Crippen molar-refractivity contribution in [3.8, 4) is 33.5 Å². The van der Waals surface area contributed by atoms with Gasteiger partial charge in [0.15, 0.2) is 0 Å². The Kier molecular flexibility index (Phi) is 4.88. The van der Waals surface area contributed by atoms with Gasteiger partial charge in [0.1, 0.15) is 0 Å². The number of pyridine rings is 1. The third-order valence-electron chi connectivity index (χ3n) is 5.93. The van der Waals surface area contributed by atoms with Crippen LogP contribution in [0.3, 0.4) is 0 Å². The SMILES string of the molecule is Cc1cc(C)c2c(C)cc(-c3cccc(-c4ccc(-c5ccccc5)cc4)c3)nc2c1. The average molecular weight is 400 g/mol. The highest BCUT2D eigenvalue weighted by Gasteiger charge is 2.09. The minimum Gasteiger partial charge on any atom is -0.248 e. The Balaban J connectivity index is 1.54. The maximum absolute atomic E-state index is 5.02. The predicted octanol–water partition coefficient (Wildman–Crippen LogP) is 8.16. The molecule has 0 aliphatic rings. The first kappa shape index (κ1) is 19.3. The van der Waals surface area contributed by atoms with Crippen LogP contribution in [0.15, 0.2) is 97.1 Å².